The molecule has 10 heteroatoms. The lowest BCUT2D eigenvalue weighted by molar-refractivity contribution is 0.602. The topological polar surface area (TPSA) is 68.3 Å². The van der Waals surface area contributed by atoms with Crippen LogP contribution >= 0.6 is 63.7 Å². The van der Waals surface area contributed by atoms with Gasteiger partial charge in [-0.3, -0.25) is 0 Å². The average Bonchev–Trinajstić information content (AvgIpc) is 2.45. The van der Waals surface area contributed by atoms with E-state index >= 15 is 0 Å². The van der Waals surface area contributed by atoms with Crippen molar-refractivity contribution < 1.29 is 16.8 Å². The number of hydrogen-bond acceptors (Lipinski definition) is 4. The van der Waals surface area contributed by atoms with Crippen LogP contribution in [0.1, 0.15) is 12.8 Å². The summed E-state index contributed by atoms with van der Waals surface area (Å²) >= 11 is 12.8. The van der Waals surface area contributed by atoms with Crippen LogP contribution in [0.3, 0.4) is 0 Å². The summed E-state index contributed by atoms with van der Waals surface area (Å²) < 4.78 is 45.1. The summed E-state index contributed by atoms with van der Waals surface area (Å²) in [6.07, 6.45) is 8.51. The second-order valence-electron chi connectivity index (χ2n) is 4.50. The van der Waals surface area contributed by atoms with Gasteiger partial charge < -0.3 is 0 Å². The SMILES string of the molecule is O=S(=O)(CBr)CC=CC(Br)CCC(Br)C=CCS(=O)(=O)CBr. The highest BCUT2D eigenvalue weighted by molar-refractivity contribution is 9.11. The summed E-state index contributed by atoms with van der Waals surface area (Å²) in [5.41, 5.74) is 0. The molecule has 0 aliphatic heterocycles. The number of rotatable bonds is 11. The van der Waals surface area contributed by atoms with Crippen molar-refractivity contribution in [3.63, 3.8) is 0 Å². The van der Waals surface area contributed by atoms with E-state index in [0.29, 0.717) is 0 Å². The first-order valence-electron chi connectivity index (χ1n) is 6.26. The Balaban J connectivity index is 4.12. The maximum Gasteiger partial charge on any atom is 0.163 e. The molecule has 0 aliphatic carbocycles. The van der Waals surface area contributed by atoms with E-state index in [9.17, 15) is 16.8 Å². The maximum absolute atomic E-state index is 11.3. The van der Waals surface area contributed by atoms with E-state index < -0.39 is 19.7 Å². The van der Waals surface area contributed by atoms with E-state index in [1.165, 1.54) is 0 Å². The fourth-order valence-electron chi connectivity index (χ4n) is 1.30. The first kappa shape index (κ1) is 23.3. The maximum atomic E-state index is 11.3. The van der Waals surface area contributed by atoms with Gasteiger partial charge in [-0.1, -0.05) is 88.0 Å². The van der Waals surface area contributed by atoms with Crippen molar-refractivity contribution in [3.05, 3.63) is 24.3 Å². The van der Waals surface area contributed by atoms with Gasteiger partial charge in [0, 0.05) is 9.65 Å². The predicted molar refractivity (Wildman–Crippen MR) is 108 cm³/mol. The van der Waals surface area contributed by atoms with Crippen LogP contribution in [-0.4, -0.2) is 47.3 Å². The summed E-state index contributed by atoms with van der Waals surface area (Å²) in [6.45, 7) is 0. The Kier molecular flexibility index (Phi) is 12.5. The second kappa shape index (κ2) is 11.8. The van der Waals surface area contributed by atoms with Gasteiger partial charge in [-0.25, -0.2) is 16.8 Å². The van der Waals surface area contributed by atoms with Crippen molar-refractivity contribution >= 4 is 83.4 Å². The standard InChI is InChI=1S/C12H18Br4O4S2/c13-9-21(17,18)7-1-3-11(15)5-6-12(16)4-2-8-22(19,20)10-14/h1-4,11-12H,5-10H2. The lowest BCUT2D eigenvalue weighted by Gasteiger charge is -2.07. The minimum absolute atomic E-state index is 0.0163. The Bertz CT molecular complexity index is 518. The molecular formula is C12H18Br4O4S2. The van der Waals surface area contributed by atoms with Gasteiger partial charge in [0.1, 0.15) is 9.32 Å². The van der Waals surface area contributed by atoms with Crippen LogP contribution in [0.25, 0.3) is 0 Å². The minimum Gasteiger partial charge on any atom is -0.228 e. The third-order valence-corrected chi connectivity index (χ3v) is 10.2. The van der Waals surface area contributed by atoms with Crippen LogP contribution in [0.15, 0.2) is 24.3 Å². The molecule has 0 fully saturated rings. The number of halogens is 4. The summed E-state index contributed by atoms with van der Waals surface area (Å²) in [5, 5.41) is 0. The number of sulfone groups is 2. The molecule has 0 heterocycles. The summed E-state index contributed by atoms with van der Waals surface area (Å²) in [7, 11) is -6.09. The highest BCUT2D eigenvalue weighted by Gasteiger charge is 2.08. The van der Waals surface area contributed by atoms with Crippen molar-refractivity contribution in [1.29, 1.82) is 0 Å². The van der Waals surface area contributed by atoms with Crippen LogP contribution < -0.4 is 0 Å². The average molecular weight is 610 g/mol. The monoisotopic (exact) mass is 606 g/mol. The minimum atomic E-state index is -3.05. The van der Waals surface area contributed by atoms with Crippen molar-refractivity contribution in [3.8, 4) is 0 Å². The molecule has 0 spiro atoms. The Hall–Kier alpha value is 1.30. The molecule has 0 aliphatic rings. The normalized spacial score (nSPS) is 16.4. The number of hydrogen-bond donors (Lipinski definition) is 0. The predicted octanol–water partition coefficient (Wildman–Crippen LogP) is 3.94. The van der Waals surface area contributed by atoms with E-state index in [1.807, 2.05) is 12.2 Å². The van der Waals surface area contributed by atoms with Crippen LogP contribution in [-0.2, 0) is 19.7 Å². The van der Waals surface area contributed by atoms with Crippen LogP contribution in [0.4, 0.5) is 0 Å². The Morgan fingerprint density at radius 3 is 1.32 bits per heavy atom. The van der Waals surface area contributed by atoms with Crippen molar-refractivity contribution in [2.24, 2.45) is 0 Å². The largest absolute Gasteiger partial charge is 0.228 e. The van der Waals surface area contributed by atoms with Crippen LogP contribution in [0, 0.1) is 0 Å². The smallest absolute Gasteiger partial charge is 0.163 e. The third-order valence-electron chi connectivity index (χ3n) is 2.44. The molecule has 0 aromatic carbocycles. The van der Waals surface area contributed by atoms with Crippen molar-refractivity contribution in [1.82, 2.24) is 0 Å². The zero-order valence-corrected chi connectivity index (χ0v) is 19.6. The molecule has 2 atom stereocenters. The quantitative estimate of drug-likeness (QED) is 0.263. The van der Waals surface area contributed by atoms with Gasteiger partial charge >= 0.3 is 0 Å². The van der Waals surface area contributed by atoms with Gasteiger partial charge in [-0.15, -0.1) is 0 Å². The van der Waals surface area contributed by atoms with Crippen molar-refractivity contribution in [2.45, 2.75) is 22.5 Å². The molecule has 22 heavy (non-hydrogen) atoms. The Morgan fingerprint density at radius 1 is 0.727 bits per heavy atom. The second-order valence-corrected chi connectivity index (χ2v) is 13.7. The van der Waals surface area contributed by atoms with Gasteiger partial charge in [0.25, 0.3) is 0 Å². The van der Waals surface area contributed by atoms with E-state index in [2.05, 4.69) is 63.7 Å². The molecule has 0 aromatic rings. The zero-order chi connectivity index (χ0) is 17.2. The number of alkyl halides is 4. The van der Waals surface area contributed by atoms with E-state index in [1.54, 1.807) is 12.2 Å². The fourth-order valence-corrected chi connectivity index (χ4v) is 4.37. The fraction of sp³-hybridized carbons (Fsp3) is 0.667. The van der Waals surface area contributed by atoms with Gasteiger partial charge in [0.15, 0.2) is 19.7 Å². The molecule has 2 unspecified atom stereocenters. The summed E-state index contributed by atoms with van der Waals surface area (Å²) in [5.74, 6) is 0.0325. The molecule has 0 radical (unpaired) electrons. The van der Waals surface area contributed by atoms with E-state index in [0.717, 1.165) is 12.8 Å². The molecular weight excluding hydrogens is 592 g/mol. The summed E-state index contributed by atoms with van der Waals surface area (Å²) in [6, 6.07) is 0. The van der Waals surface area contributed by atoms with Crippen LogP contribution in [0.2, 0.25) is 0 Å². The van der Waals surface area contributed by atoms with Gasteiger partial charge in [0.05, 0.1) is 11.5 Å². The van der Waals surface area contributed by atoms with Gasteiger partial charge in [-0.05, 0) is 12.8 Å². The molecule has 0 bridgehead atoms. The molecule has 0 saturated carbocycles. The molecule has 130 valence electrons. The Labute approximate surface area is 166 Å². The lowest BCUT2D eigenvalue weighted by atomic mass is 10.2. The first-order valence-corrected chi connectivity index (χ1v) is 14.0. The molecule has 0 rings (SSSR count). The molecule has 0 saturated heterocycles. The Morgan fingerprint density at radius 2 is 1.05 bits per heavy atom. The van der Waals surface area contributed by atoms with E-state index in [4.69, 9.17) is 0 Å². The molecule has 0 aromatic heterocycles. The van der Waals surface area contributed by atoms with E-state index in [-0.39, 0.29) is 30.5 Å². The first-order chi connectivity index (χ1) is 10.1. The zero-order valence-electron chi connectivity index (χ0n) is 11.7. The number of allylic oxidation sites excluding steroid dienone is 2. The van der Waals surface area contributed by atoms with Gasteiger partial charge in [0.2, 0.25) is 0 Å². The molecule has 4 nitrogen and oxygen atoms in total. The van der Waals surface area contributed by atoms with Crippen LogP contribution in [0.5, 0.6) is 0 Å². The molecule has 0 N–H and O–H groups in total. The van der Waals surface area contributed by atoms with Crippen molar-refractivity contribution in [2.75, 3.05) is 20.8 Å². The highest BCUT2D eigenvalue weighted by atomic mass is 79.9. The molecule has 0 amide bonds. The highest BCUT2D eigenvalue weighted by Crippen LogP contribution is 2.17. The summed E-state index contributed by atoms with van der Waals surface area (Å²) in [4.78, 5) is 0.162. The third kappa shape index (κ3) is 12.7. The van der Waals surface area contributed by atoms with Gasteiger partial charge in [-0.2, -0.15) is 0 Å². The lowest BCUT2D eigenvalue weighted by Crippen LogP contribution is -2.06.